The number of rotatable bonds is 7. The van der Waals surface area contributed by atoms with Crippen molar-refractivity contribution in [3.05, 3.63) is 65.5 Å². The van der Waals surface area contributed by atoms with Crippen LogP contribution in [0.3, 0.4) is 0 Å². The highest BCUT2D eigenvalue weighted by Gasteiger charge is 2.31. The topological polar surface area (TPSA) is 158 Å². The quantitative estimate of drug-likeness (QED) is 0.243. The molecule has 48 heavy (non-hydrogen) atoms. The van der Waals surface area contributed by atoms with E-state index in [1.165, 1.54) is 0 Å². The van der Waals surface area contributed by atoms with Gasteiger partial charge in [-0.2, -0.15) is 0 Å². The number of anilines is 3. The zero-order valence-corrected chi connectivity index (χ0v) is 28.6. The number of carbonyl (C=O) groups excluding carboxylic acids is 3. The molecule has 0 unspecified atom stereocenters. The van der Waals surface area contributed by atoms with Gasteiger partial charge in [0.15, 0.2) is 5.76 Å². The van der Waals surface area contributed by atoms with E-state index in [4.69, 9.17) is 14.0 Å². The Bertz CT molecular complexity index is 1510. The zero-order chi connectivity index (χ0) is 34.8. The van der Waals surface area contributed by atoms with Crippen LogP contribution in [-0.4, -0.2) is 89.6 Å². The van der Waals surface area contributed by atoms with Crippen LogP contribution in [0.25, 0.3) is 0 Å². The lowest BCUT2D eigenvalue weighted by atomic mass is 10.0. The van der Waals surface area contributed by atoms with Crippen molar-refractivity contribution in [1.82, 2.24) is 15.0 Å². The Hall–Kier alpha value is -4.62. The maximum Gasteiger partial charge on any atom is 0.323 e. The summed E-state index contributed by atoms with van der Waals surface area (Å²) in [7, 11) is 1.71. The first-order valence-corrected chi connectivity index (χ1v) is 16.4. The van der Waals surface area contributed by atoms with Crippen molar-refractivity contribution >= 4 is 35.0 Å². The molecule has 2 aromatic carbocycles. The number of likely N-dealkylation sites (N-methyl/N-ethyl adjacent to an activating group) is 1. The Balaban J connectivity index is 1.59. The number of urea groups is 2. The highest BCUT2D eigenvalue weighted by atomic mass is 16.5. The van der Waals surface area contributed by atoms with E-state index in [9.17, 15) is 19.5 Å². The number of hydrogen-bond acceptors (Lipinski definition) is 8. The Labute approximate surface area is 281 Å². The molecule has 0 bridgehead atoms. The maximum absolute atomic E-state index is 14.4. The van der Waals surface area contributed by atoms with Gasteiger partial charge in [0.1, 0.15) is 17.1 Å². The first-order chi connectivity index (χ1) is 23.0. The number of carbonyl (C=O) groups is 3. The fourth-order valence-corrected chi connectivity index (χ4v) is 5.49. The largest absolute Gasteiger partial charge is 0.490 e. The van der Waals surface area contributed by atoms with Gasteiger partial charge in [0.05, 0.1) is 30.4 Å². The number of aromatic nitrogens is 1. The van der Waals surface area contributed by atoms with Gasteiger partial charge in [-0.1, -0.05) is 30.3 Å². The van der Waals surface area contributed by atoms with E-state index < -0.39 is 18.2 Å². The number of nitrogens with zero attached hydrogens (tertiary/aromatic N) is 3. The summed E-state index contributed by atoms with van der Waals surface area (Å²) < 4.78 is 17.8. The molecule has 1 aromatic heterocycles. The third kappa shape index (κ3) is 9.71. The van der Waals surface area contributed by atoms with Gasteiger partial charge in [0, 0.05) is 44.0 Å². The van der Waals surface area contributed by atoms with Gasteiger partial charge in [-0.15, -0.1) is 0 Å². The number of aryl methyl sites for hydroxylation is 2. The highest BCUT2D eigenvalue weighted by molar-refractivity contribution is 6.03. The van der Waals surface area contributed by atoms with E-state index in [0.29, 0.717) is 47.4 Å². The van der Waals surface area contributed by atoms with Crippen LogP contribution in [0.4, 0.5) is 26.7 Å². The Kier molecular flexibility index (Phi) is 12.8. The minimum absolute atomic E-state index is 0.201. The molecule has 0 spiro atoms. The molecule has 1 aliphatic rings. The van der Waals surface area contributed by atoms with E-state index >= 15 is 0 Å². The number of nitrogens with one attached hydrogen (secondary N) is 3. The van der Waals surface area contributed by atoms with Crippen molar-refractivity contribution < 1.29 is 33.5 Å². The normalized spacial score (nSPS) is 19.7. The Morgan fingerprint density at radius 2 is 1.81 bits per heavy atom. The van der Waals surface area contributed by atoms with Gasteiger partial charge in [-0.05, 0) is 77.3 Å². The van der Waals surface area contributed by atoms with Crippen LogP contribution in [0.15, 0.2) is 53.1 Å². The van der Waals surface area contributed by atoms with Crippen LogP contribution < -0.4 is 20.7 Å². The lowest BCUT2D eigenvalue weighted by Gasteiger charge is -2.35. The highest BCUT2D eigenvalue weighted by Crippen LogP contribution is 2.29. The molecule has 0 saturated heterocycles. The minimum Gasteiger partial charge on any atom is -0.490 e. The van der Waals surface area contributed by atoms with Crippen LogP contribution >= 0.6 is 0 Å². The van der Waals surface area contributed by atoms with Crippen molar-refractivity contribution in [3.63, 3.8) is 0 Å². The first kappa shape index (κ1) is 36.2. The number of hydrogen-bond donors (Lipinski definition) is 4. The molecule has 13 nitrogen and oxygen atoms in total. The molecule has 0 aliphatic carbocycles. The zero-order valence-electron chi connectivity index (χ0n) is 28.6. The summed E-state index contributed by atoms with van der Waals surface area (Å²) in [5.74, 6) is 0.265. The summed E-state index contributed by atoms with van der Waals surface area (Å²) in [5.41, 5.74) is 2.32. The first-order valence-electron chi connectivity index (χ1n) is 16.4. The SMILES string of the molecule is Cc1noc(C)c1NC(=O)Nc1ccc2c(c1)C(=O)N([C@H](C)CO)C[C@H](C)[C@@H](CN(C)C(=O)Nc1ccccc1)OCCCC[C@H](C)O2. The molecule has 13 heteroatoms. The molecule has 5 amide bonds. The predicted molar refractivity (Wildman–Crippen MR) is 184 cm³/mol. The summed E-state index contributed by atoms with van der Waals surface area (Å²) in [4.78, 5) is 43.5. The Morgan fingerprint density at radius 1 is 1.06 bits per heavy atom. The average Bonchev–Trinajstić information content (AvgIpc) is 3.38. The number of fused-ring (bicyclic) bond motifs is 1. The second-order valence-corrected chi connectivity index (χ2v) is 12.5. The van der Waals surface area contributed by atoms with Gasteiger partial charge in [0.2, 0.25) is 0 Å². The van der Waals surface area contributed by atoms with Crippen molar-refractivity contribution in [2.24, 2.45) is 5.92 Å². The van der Waals surface area contributed by atoms with Gasteiger partial charge in [-0.25, -0.2) is 9.59 Å². The number of aliphatic hydroxyl groups is 1. The third-order valence-corrected chi connectivity index (χ3v) is 8.41. The fourth-order valence-electron chi connectivity index (χ4n) is 5.49. The number of amides is 5. The van der Waals surface area contributed by atoms with Crippen molar-refractivity contribution in [2.75, 3.05) is 49.3 Å². The van der Waals surface area contributed by atoms with E-state index in [1.807, 2.05) is 44.2 Å². The van der Waals surface area contributed by atoms with E-state index in [-0.39, 0.29) is 42.7 Å². The van der Waals surface area contributed by atoms with Crippen LogP contribution in [-0.2, 0) is 4.74 Å². The van der Waals surface area contributed by atoms with Crippen LogP contribution in [0.2, 0.25) is 0 Å². The van der Waals surface area contributed by atoms with Gasteiger partial charge < -0.3 is 44.9 Å². The minimum atomic E-state index is -0.544. The predicted octanol–water partition coefficient (Wildman–Crippen LogP) is 5.89. The second kappa shape index (κ2) is 17.0. The summed E-state index contributed by atoms with van der Waals surface area (Å²) in [6, 6.07) is 12.8. The second-order valence-electron chi connectivity index (χ2n) is 12.5. The summed E-state index contributed by atoms with van der Waals surface area (Å²) in [6.45, 7) is 9.85. The summed E-state index contributed by atoms with van der Waals surface area (Å²) >= 11 is 0. The molecule has 260 valence electrons. The fraction of sp³-hybridized carbons (Fsp3) is 0.486. The molecular weight excluding hydrogens is 616 g/mol. The number of benzene rings is 2. The maximum atomic E-state index is 14.4. The number of aliphatic hydroxyl groups excluding tert-OH is 1. The molecule has 1 aliphatic heterocycles. The van der Waals surface area contributed by atoms with E-state index in [2.05, 4.69) is 21.1 Å². The molecule has 4 rings (SSSR count). The number of para-hydroxylation sites is 1. The molecule has 0 saturated carbocycles. The van der Waals surface area contributed by atoms with E-state index in [1.54, 1.807) is 55.8 Å². The van der Waals surface area contributed by atoms with Gasteiger partial charge in [-0.3, -0.25) is 4.79 Å². The average molecular weight is 665 g/mol. The molecule has 0 fully saturated rings. The summed E-state index contributed by atoms with van der Waals surface area (Å²) in [6.07, 6.45) is 1.77. The smallest absolute Gasteiger partial charge is 0.323 e. The van der Waals surface area contributed by atoms with E-state index in [0.717, 1.165) is 19.3 Å². The van der Waals surface area contributed by atoms with Gasteiger partial charge in [0.25, 0.3) is 5.91 Å². The van der Waals surface area contributed by atoms with Crippen molar-refractivity contribution in [3.8, 4) is 5.75 Å². The van der Waals surface area contributed by atoms with Crippen molar-refractivity contribution in [1.29, 1.82) is 0 Å². The van der Waals surface area contributed by atoms with Crippen molar-refractivity contribution in [2.45, 2.75) is 72.1 Å². The molecular formula is C35H48N6O7. The molecule has 2 heterocycles. The van der Waals surface area contributed by atoms with Crippen LogP contribution in [0.5, 0.6) is 5.75 Å². The Morgan fingerprint density at radius 3 is 2.50 bits per heavy atom. The molecule has 4 atom stereocenters. The molecule has 4 N–H and O–H groups in total. The summed E-state index contributed by atoms with van der Waals surface area (Å²) in [5, 5.41) is 22.5. The lowest BCUT2D eigenvalue weighted by Crippen LogP contribution is -2.48. The standard InChI is InChI=1S/C35H48N6O7/c1-22-19-41(23(2)21-42)33(43)29-18-28(36-34(44)38-32-25(4)39-48-26(32)5)15-16-30(29)47-24(3)12-10-11-17-46-31(22)20-40(6)35(45)37-27-13-8-7-9-14-27/h7-9,13-16,18,22-24,31,42H,10-12,17,19-21H2,1-6H3,(H,37,45)(H2,36,38,44)/t22-,23+,24-,31+/m0/s1. The monoisotopic (exact) mass is 664 g/mol. The molecule has 3 aromatic rings. The molecule has 0 radical (unpaired) electrons. The van der Waals surface area contributed by atoms with Gasteiger partial charge >= 0.3 is 12.1 Å². The van der Waals surface area contributed by atoms with Crippen LogP contribution in [0, 0.1) is 19.8 Å². The lowest BCUT2D eigenvalue weighted by molar-refractivity contribution is -0.0115. The number of ether oxygens (including phenoxy) is 2. The van der Waals surface area contributed by atoms with Crippen LogP contribution in [0.1, 0.15) is 61.8 Å². The third-order valence-electron chi connectivity index (χ3n) is 8.41.